The van der Waals surface area contributed by atoms with Crippen molar-refractivity contribution in [2.24, 2.45) is 0 Å². The minimum Gasteiger partial charge on any atom is -0.506 e. The predicted octanol–water partition coefficient (Wildman–Crippen LogP) is 3.86. The smallest absolute Gasteiger partial charge is 0.134 e. The summed E-state index contributed by atoms with van der Waals surface area (Å²) in [6.07, 6.45) is 3.03. The molecule has 0 aliphatic rings. The monoisotopic (exact) mass is 196 g/mol. The SMILES string of the molecule is C/C=C(/CC)c1ccc(O)c(Cl)c1. The number of phenolic OH excluding ortho intramolecular Hbond substituents is 1. The number of rotatable bonds is 2. The topological polar surface area (TPSA) is 20.2 Å². The third-order valence-electron chi connectivity index (χ3n) is 2.05. The van der Waals surface area contributed by atoms with Gasteiger partial charge in [0.15, 0.2) is 0 Å². The Hall–Kier alpha value is -0.950. The fourth-order valence-corrected chi connectivity index (χ4v) is 1.46. The van der Waals surface area contributed by atoms with Crippen LogP contribution in [0.25, 0.3) is 5.57 Å². The van der Waals surface area contributed by atoms with E-state index in [0.29, 0.717) is 5.02 Å². The predicted molar refractivity (Wildman–Crippen MR) is 57.1 cm³/mol. The van der Waals surface area contributed by atoms with Crippen LogP contribution in [-0.4, -0.2) is 5.11 Å². The molecule has 0 spiro atoms. The van der Waals surface area contributed by atoms with Gasteiger partial charge in [-0.05, 0) is 36.6 Å². The molecule has 0 amide bonds. The first-order valence-electron chi connectivity index (χ1n) is 4.33. The fraction of sp³-hybridized carbons (Fsp3) is 0.273. The van der Waals surface area contributed by atoms with Gasteiger partial charge < -0.3 is 5.11 Å². The van der Waals surface area contributed by atoms with Crippen LogP contribution in [-0.2, 0) is 0 Å². The molecule has 1 nitrogen and oxygen atoms in total. The second kappa shape index (κ2) is 4.33. The normalized spacial score (nSPS) is 11.8. The summed E-state index contributed by atoms with van der Waals surface area (Å²) < 4.78 is 0. The summed E-state index contributed by atoms with van der Waals surface area (Å²) in [6.45, 7) is 4.09. The molecular weight excluding hydrogens is 184 g/mol. The van der Waals surface area contributed by atoms with E-state index >= 15 is 0 Å². The molecule has 0 bridgehead atoms. The summed E-state index contributed by atoms with van der Waals surface area (Å²) in [5, 5.41) is 9.63. The molecule has 1 N–H and O–H groups in total. The second-order valence-corrected chi connectivity index (χ2v) is 3.24. The Labute approximate surface area is 83.7 Å². The molecule has 70 valence electrons. The first-order chi connectivity index (χ1) is 6.19. The van der Waals surface area contributed by atoms with Gasteiger partial charge in [0, 0.05) is 0 Å². The lowest BCUT2D eigenvalue weighted by Gasteiger charge is -2.05. The van der Waals surface area contributed by atoms with Gasteiger partial charge in [-0.15, -0.1) is 0 Å². The maximum atomic E-state index is 9.22. The van der Waals surface area contributed by atoms with Crippen molar-refractivity contribution in [3.8, 4) is 5.75 Å². The highest BCUT2D eigenvalue weighted by Gasteiger charge is 2.02. The van der Waals surface area contributed by atoms with Crippen LogP contribution >= 0.6 is 11.6 Å². The number of allylic oxidation sites excluding steroid dienone is 2. The van der Waals surface area contributed by atoms with Crippen LogP contribution in [0.4, 0.5) is 0 Å². The van der Waals surface area contributed by atoms with Crippen molar-refractivity contribution in [1.29, 1.82) is 0 Å². The third-order valence-corrected chi connectivity index (χ3v) is 2.35. The van der Waals surface area contributed by atoms with Gasteiger partial charge in [-0.25, -0.2) is 0 Å². The molecular formula is C11H13ClO. The van der Waals surface area contributed by atoms with Gasteiger partial charge in [-0.3, -0.25) is 0 Å². The number of aromatic hydroxyl groups is 1. The highest BCUT2D eigenvalue weighted by molar-refractivity contribution is 6.32. The molecule has 0 atom stereocenters. The molecule has 0 aromatic heterocycles. The Morgan fingerprint density at radius 1 is 1.54 bits per heavy atom. The molecule has 0 unspecified atom stereocenters. The minimum absolute atomic E-state index is 0.136. The van der Waals surface area contributed by atoms with Gasteiger partial charge in [0.25, 0.3) is 0 Å². The van der Waals surface area contributed by atoms with E-state index in [4.69, 9.17) is 11.6 Å². The summed E-state index contributed by atoms with van der Waals surface area (Å²) in [5.41, 5.74) is 2.31. The molecule has 0 fully saturated rings. The first kappa shape index (κ1) is 10.1. The van der Waals surface area contributed by atoms with Gasteiger partial charge in [0.05, 0.1) is 5.02 Å². The van der Waals surface area contributed by atoms with Crippen LogP contribution in [0.3, 0.4) is 0 Å². The van der Waals surface area contributed by atoms with Gasteiger partial charge in [-0.2, -0.15) is 0 Å². The Balaban J connectivity index is 3.10. The number of phenols is 1. The molecule has 13 heavy (non-hydrogen) atoms. The van der Waals surface area contributed by atoms with Crippen molar-refractivity contribution in [1.82, 2.24) is 0 Å². The van der Waals surface area contributed by atoms with E-state index in [-0.39, 0.29) is 5.75 Å². The molecule has 0 radical (unpaired) electrons. The molecule has 0 saturated heterocycles. The number of hydrogen-bond donors (Lipinski definition) is 1. The van der Waals surface area contributed by atoms with E-state index in [1.54, 1.807) is 12.1 Å². The van der Waals surface area contributed by atoms with Crippen LogP contribution in [0, 0.1) is 0 Å². The van der Waals surface area contributed by atoms with Crippen molar-refractivity contribution in [2.75, 3.05) is 0 Å². The average molecular weight is 197 g/mol. The van der Waals surface area contributed by atoms with E-state index in [1.807, 2.05) is 13.0 Å². The van der Waals surface area contributed by atoms with Crippen LogP contribution < -0.4 is 0 Å². The van der Waals surface area contributed by atoms with Crippen LogP contribution in [0.5, 0.6) is 5.75 Å². The largest absolute Gasteiger partial charge is 0.506 e. The standard InChI is InChI=1S/C11H13ClO/c1-3-8(4-2)9-5-6-11(13)10(12)7-9/h3,5-7,13H,4H2,1-2H3/b8-3-. The van der Waals surface area contributed by atoms with Crippen molar-refractivity contribution in [3.05, 3.63) is 34.9 Å². The van der Waals surface area contributed by atoms with Crippen molar-refractivity contribution in [2.45, 2.75) is 20.3 Å². The highest BCUT2D eigenvalue weighted by Crippen LogP contribution is 2.28. The summed E-state index contributed by atoms with van der Waals surface area (Å²) in [4.78, 5) is 0. The van der Waals surface area contributed by atoms with Crippen LogP contribution in [0.1, 0.15) is 25.8 Å². The lowest BCUT2D eigenvalue weighted by Crippen LogP contribution is -1.82. The lowest BCUT2D eigenvalue weighted by molar-refractivity contribution is 0.475. The van der Waals surface area contributed by atoms with E-state index in [9.17, 15) is 5.11 Å². The van der Waals surface area contributed by atoms with E-state index in [1.165, 1.54) is 5.57 Å². The van der Waals surface area contributed by atoms with Crippen molar-refractivity contribution in [3.63, 3.8) is 0 Å². The molecule has 0 aliphatic carbocycles. The Kier molecular flexibility index (Phi) is 3.38. The Morgan fingerprint density at radius 2 is 2.23 bits per heavy atom. The highest BCUT2D eigenvalue weighted by atomic mass is 35.5. The minimum atomic E-state index is 0.136. The van der Waals surface area contributed by atoms with Gasteiger partial charge in [-0.1, -0.05) is 30.7 Å². The average Bonchev–Trinajstić information content (AvgIpc) is 2.13. The Morgan fingerprint density at radius 3 is 2.69 bits per heavy atom. The van der Waals surface area contributed by atoms with Gasteiger partial charge in [0.1, 0.15) is 5.75 Å². The maximum absolute atomic E-state index is 9.22. The molecule has 1 aromatic rings. The van der Waals surface area contributed by atoms with Gasteiger partial charge in [0.2, 0.25) is 0 Å². The molecule has 0 aliphatic heterocycles. The third kappa shape index (κ3) is 2.25. The van der Waals surface area contributed by atoms with E-state index in [0.717, 1.165) is 12.0 Å². The quantitative estimate of drug-likeness (QED) is 0.762. The summed E-state index contributed by atoms with van der Waals surface area (Å²) in [5.74, 6) is 0.136. The number of halogens is 1. The number of hydrogen-bond acceptors (Lipinski definition) is 1. The van der Waals surface area contributed by atoms with Gasteiger partial charge >= 0.3 is 0 Å². The fourth-order valence-electron chi connectivity index (χ4n) is 1.28. The van der Waals surface area contributed by atoms with Crippen molar-refractivity contribution >= 4 is 17.2 Å². The summed E-state index contributed by atoms with van der Waals surface area (Å²) >= 11 is 5.79. The van der Waals surface area contributed by atoms with E-state index < -0.39 is 0 Å². The molecule has 0 saturated carbocycles. The van der Waals surface area contributed by atoms with E-state index in [2.05, 4.69) is 13.0 Å². The first-order valence-corrected chi connectivity index (χ1v) is 4.71. The van der Waals surface area contributed by atoms with Crippen molar-refractivity contribution < 1.29 is 5.11 Å². The second-order valence-electron chi connectivity index (χ2n) is 2.83. The molecule has 0 heterocycles. The Bertz CT molecular complexity index is 329. The summed E-state index contributed by atoms with van der Waals surface area (Å²) in [7, 11) is 0. The van der Waals surface area contributed by atoms with Crippen LogP contribution in [0.2, 0.25) is 5.02 Å². The number of benzene rings is 1. The lowest BCUT2D eigenvalue weighted by atomic mass is 10.0. The maximum Gasteiger partial charge on any atom is 0.134 e. The zero-order valence-electron chi connectivity index (χ0n) is 7.84. The molecule has 1 rings (SSSR count). The molecule has 1 aromatic carbocycles. The zero-order valence-corrected chi connectivity index (χ0v) is 8.60. The zero-order chi connectivity index (χ0) is 9.84. The molecule has 2 heteroatoms. The van der Waals surface area contributed by atoms with Crippen LogP contribution in [0.15, 0.2) is 24.3 Å². The summed E-state index contributed by atoms with van der Waals surface area (Å²) in [6, 6.07) is 5.28.